The van der Waals surface area contributed by atoms with Gasteiger partial charge in [-0.15, -0.1) is 0 Å². The molecule has 2 aliphatic heterocycles. The van der Waals surface area contributed by atoms with Crippen LogP contribution in [0, 0.1) is 5.92 Å². The van der Waals surface area contributed by atoms with Crippen LogP contribution >= 0.6 is 23.5 Å². The number of nitrogens with one attached hydrogen (secondary N) is 1. The molecule has 178 valence electrons. The fraction of sp³-hybridized carbons (Fsp3) is 0.522. The van der Waals surface area contributed by atoms with E-state index in [-0.39, 0.29) is 22.6 Å². The van der Waals surface area contributed by atoms with Gasteiger partial charge in [0.1, 0.15) is 5.02 Å². The van der Waals surface area contributed by atoms with E-state index in [9.17, 15) is 9.59 Å². The number of piperidine rings is 1. The predicted octanol–water partition coefficient (Wildman–Crippen LogP) is 3.87. The van der Waals surface area contributed by atoms with E-state index < -0.39 is 0 Å². The lowest BCUT2D eigenvalue weighted by atomic mass is 10.0. The predicted molar refractivity (Wildman–Crippen MR) is 129 cm³/mol. The largest absolute Gasteiger partial charge is 0.465 e. The van der Waals surface area contributed by atoms with Gasteiger partial charge in [-0.05, 0) is 61.7 Å². The number of rotatable bonds is 7. The first-order valence-corrected chi connectivity index (χ1v) is 12.4. The first kappa shape index (κ1) is 24.1. The van der Waals surface area contributed by atoms with Gasteiger partial charge >= 0.3 is 5.97 Å². The van der Waals surface area contributed by atoms with Gasteiger partial charge in [-0.3, -0.25) is 4.79 Å². The Morgan fingerprint density at radius 3 is 2.88 bits per heavy atom. The van der Waals surface area contributed by atoms with Crippen LogP contribution in [0.15, 0.2) is 40.2 Å². The van der Waals surface area contributed by atoms with E-state index in [1.165, 1.54) is 11.8 Å². The van der Waals surface area contributed by atoms with Crippen molar-refractivity contribution in [3.8, 4) is 0 Å². The smallest absolute Gasteiger partial charge is 0.337 e. The quantitative estimate of drug-likeness (QED) is 0.460. The maximum Gasteiger partial charge on any atom is 0.337 e. The van der Waals surface area contributed by atoms with Crippen molar-refractivity contribution in [1.82, 2.24) is 14.1 Å². The van der Waals surface area contributed by atoms with Gasteiger partial charge in [-0.2, -0.15) is 5.10 Å². The molecule has 0 aliphatic carbocycles. The summed E-state index contributed by atoms with van der Waals surface area (Å²) < 4.78 is 14.1. The van der Waals surface area contributed by atoms with Crippen LogP contribution in [0.4, 0.5) is 5.69 Å². The molecule has 2 aliphatic rings. The van der Waals surface area contributed by atoms with Crippen molar-refractivity contribution in [3.05, 3.63) is 51.4 Å². The first-order chi connectivity index (χ1) is 16.0. The highest BCUT2D eigenvalue weighted by molar-refractivity contribution is 7.97. The molecule has 2 fully saturated rings. The van der Waals surface area contributed by atoms with Crippen molar-refractivity contribution in [1.29, 1.82) is 0 Å². The highest BCUT2D eigenvalue weighted by Gasteiger charge is 2.24. The lowest BCUT2D eigenvalue weighted by molar-refractivity contribution is 0.0594. The number of benzene rings is 1. The van der Waals surface area contributed by atoms with Crippen LogP contribution in [0.2, 0.25) is 5.02 Å². The summed E-state index contributed by atoms with van der Waals surface area (Å²) in [6.45, 7) is 3.87. The molecule has 33 heavy (non-hydrogen) atoms. The minimum absolute atomic E-state index is 0.00838. The van der Waals surface area contributed by atoms with Gasteiger partial charge in [0.05, 0.1) is 37.2 Å². The molecule has 10 heteroatoms. The summed E-state index contributed by atoms with van der Waals surface area (Å²) in [6.07, 6.45) is 5.41. The van der Waals surface area contributed by atoms with Gasteiger partial charge in [0.2, 0.25) is 0 Å². The molecule has 1 N–H and O–H groups in total. The molecular weight excluding hydrogens is 464 g/mol. The number of carbonyl (C=O) groups is 1. The Balaban J connectivity index is 1.33. The Kier molecular flexibility index (Phi) is 8.29. The Morgan fingerprint density at radius 1 is 1.33 bits per heavy atom. The molecule has 1 atom stereocenters. The lowest BCUT2D eigenvalue weighted by Gasteiger charge is -2.31. The maximum atomic E-state index is 12.9. The summed E-state index contributed by atoms with van der Waals surface area (Å²) in [6, 6.07) is 7.41. The van der Waals surface area contributed by atoms with Gasteiger partial charge in [-0.1, -0.05) is 17.7 Å². The minimum Gasteiger partial charge on any atom is -0.465 e. The zero-order chi connectivity index (χ0) is 23.2. The first-order valence-electron chi connectivity index (χ1n) is 11.3. The second-order valence-electron chi connectivity index (χ2n) is 8.36. The van der Waals surface area contributed by atoms with Crippen molar-refractivity contribution in [2.75, 3.05) is 45.3 Å². The van der Waals surface area contributed by atoms with Crippen LogP contribution in [-0.2, 0) is 9.47 Å². The molecule has 2 saturated heterocycles. The van der Waals surface area contributed by atoms with E-state index in [0.717, 1.165) is 63.4 Å². The number of halogens is 1. The Bertz CT molecular complexity index is 1020. The zero-order valence-corrected chi connectivity index (χ0v) is 20.2. The van der Waals surface area contributed by atoms with Crippen molar-refractivity contribution in [2.24, 2.45) is 5.92 Å². The van der Waals surface area contributed by atoms with Crippen molar-refractivity contribution < 1.29 is 14.3 Å². The standard InChI is InChI=1S/C23H29ClN4O4S/c1-31-23(30)17-5-2-6-19(12-17)33-27-9-7-18(8-10-27)28-22(29)21(24)20(14-26-28)25-13-16-4-3-11-32-15-16/h2,5-6,12,14,16,18,25H,3-4,7-11,13,15H2,1H3. The SMILES string of the molecule is COC(=O)c1cccc(SN2CCC(n3ncc(NCC4CCCOC4)c(Cl)c3=O)CC2)c1. The Morgan fingerprint density at radius 2 is 2.15 bits per heavy atom. The monoisotopic (exact) mass is 492 g/mol. The fourth-order valence-corrected chi connectivity index (χ4v) is 5.39. The topological polar surface area (TPSA) is 85.7 Å². The third-order valence-electron chi connectivity index (χ3n) is 6.04. The molecule has 0 saturated carbocycles. The summed E-state index contributed by atoms with van der Waals surface area (Å²) in [7, 11) is 1.38. The maximum absolute atomic E-state index is 12.9. The van der Waals surface area contributed by atoms with Crippen LogP contribution in [0.3, 0.4) is 0 Å². The number of nitrogens with zero attached hydrogens (tertiary/aromatic N) is 3. The van der Waals surface area contributed by atoms with Gasteiger partial charge in [0.15, 0.2) is 0 Å². The van der Waals surface area contributed by atoms with E-state index in [2.05, 4.69) is 14.7 Å². The van der Waals surface area contributed by atoms with Crippen LogP contribution in [0.25, 0.3) is 0 Å². The molecule has 1 unspecified atom stereocenters. The molecule has 1 aromatic carbocycles. The summed E-state index contributed by atoms with van der Waals surface area (Å²) in [5, 5.41) is 7.89. The van der Waals surface area contributed by atoms with Gasteiger partial charge in [0.25, 0.3) is 5.56 Å². The summed E-state index contributed by atoms with van der Waals surface area (Å²) in [4.78, 5) is 25.6. The zero-order valence-electron chi connectivity index (χ0n) is 18.7. The third-order valence-corrected chi connectivity index (χ3v) is 7.49. The molecule has 3 heterocycles. The molecular formula is C23H29ClN4O4S. The van der Waals surface area contributed by atoms with Crippen LogP contribution in [-0.4, -0.2) is 60.0 Å². The number of hydrogen-bond donors (Lipinski definition) is 1. The van der Waals surface area contributed by atoms with Crippen molar-refractivity contribution in [3.63, 3.8) is 0 Å². The number of methoxy groups -OCH3 is 1. The molecule has 0 bridgehead atoms. The Labute approximate surface area is 202 Å². The van der Waals surface area contributed by atoms with E-state index in [1.807, 2.05) is 18.2 Å². The number of aromatic nitrogens is 2. The average molecular weight is 493 g/mol. The summed E-state index contributed by atoms with van der Waals surface area (Å²) in [5.41, 5.74) is 0.868. The van der Waals surface area contributed by atoms with Crippen LogP contribution in [0.1, 0.15) is 42.1 Å². The van der Waals surface area contributed by atoms with E-state index >= 15 is 0 Å². The number of hydrogen-bond acceptors (Lipinski definition) is 8. The summed E-state index contributed by atoms with van der Waals surface area (Å²) in [5.74, 6) is 0.0795. The molecule has 2 aromatic rings. The van der Waals surface area contributed by atoms with Crippen LogP contribution in [0.5, 0.6) is 0 Å². The van der Waals surface area contributed by atoms with Crippen LogP contribution < -0.4 is 10.9 Å². The molecule has 4 rings (SSSR count). The van der Waals surface area contributed by atoms with Gasteiger partial charge in [0, 0.05) is 31.1 Å². The molecule has 0 amide bonds. The van der Waals surface area contributed by atoms with Crippen molar-refractivity contribution in [2.45, 2.75) is 36.6 Å². The summed E-state index contributed by atoms with van der Waals surface area (Å²) >= 11 is 8.01. The fourth-order valence-electron chi connectivity index (χ4n) is 4.18. The highest BCUT2D eigenvalue weighted by atomic mass is 35.5. The molecule has 8 nitrogen and oxygen atoms in total. The molecule has 0 spiro atoms. The molecule has 1 aromatic heterocycles. The normalized spacial score (nSPS) is 19.9. The van der Waals surface area contributed by atoms with Crippen molar-refractivity contribution >= 4 is 35.2 Å². The van der Waals surface area contributed by atoms with E-state index in [1.54, 1.807) is 24.2 Å². The van der Waals surface area contributed by atoms with E-state index in [4.69, 9.17) is 21.1 Å². The Hall–Kier alpha value is -2.07. The van der Waals surface area contributed by atoms with Gasteiger partial charge in [-0.25, -0.2) is 13.8 Å². The number of ether oxygens (including phenoxy) is 2. The second-order valence-corrected chi connectivity index (χ2v) is 9.91. The van der Waals surface area contributed by atoms with E-state index in [0.29, 0.717) is 17.2 Å². The minimum atomic E-state index is -0.344. The van der Waals surface area contributed by atoms with Gasteiger partial charge < -0.3 is 14.8 Å². The number of carbonyl (C=O) groups excluding carboxylic acids is 1. The highest BCUT2D eigenvalue weighted by Crippen LogP contribution is 2.30. The lowest BCUT2D eigenvalue weighted by Crippen LogP contribution is -2.36. The average Bonchev–Trinajstić information content (AvgIpc) is 2.86. The molecule has 0 radical (unpaired) electrons. The number of esters is 1. The third kappa shape index (κ3) is 6.09. The second kappa shape index (κ2) is 11.4. The number of anilines is 1.